The fourth-order valence-electron chi connectivity index (χ4n) is 15.1. The van der Waals surface area contributed by atoms with Crippen LogP contribution in [0.2, 0.25) is 0 Å². The van der Waals surface area contributed by atoms with Gasteiger partial charge in [0.05, 0.1) is 44.1 Å². The van der Waals surface area contributed by atoms with Crippen LogP contribution in [0.15, 0.2) is 340 Å². The van der Waals surface area contributed by atoms with Crippen LogP contribution in [-0.4, -0.2) is 28.2 Å². The van der Waals surface area contributed by atoms with Crippen molar-refractivity contribution in [1.29, 1.82) is 0 Å². The van der Waals surface area contributed by atoms with Gasteiger partial charge in [0.1, 0.15) is 11.4 Å². The molecule has 0 N–H and O–H groups in total. The van der Waals surface area contributed by atoms with Crippen molar-refractivity contribution in [2.75, 3.05) is 0 Å². The number of benzene rings is 13. The summed E-state index contributed by atoms with van der Waals surface area (Å²) in [5.74, 6) is 1.53. The summed E-state index contributed by atoms with van der Waals surface area (Å²) in [7, 11) is 0. The van der Waals surface area contributed by atoms with E-state index in [-0.39, 0.29) is 0 Å². The number of para-hydroxylation sites is 4. The van der Waals surface area contributed by atoms with Gasteiger partial charge in [0.15, 0.2) is 11.6 Å². The van der Waals surface area contributed by atoms with Gasteiger partial charge in [-0.1, -0.05) is 249 Å². The van der Waals surface area contributed by atoms with Gasteiger partial charge in [-0.2, -0.15) is 0 Å². The summed E-state index contributed by atoms with van der Waals surface area (Å²) in [6.07, 6.45) is 3.87. The van der Waals surface area contributed by atoms with Crippen LogP contribution in [0.3, 0.4) is 0 Å². The molecule has 0 bridgehead atoms. The van der Waals surface area contributed by atoms with E-state index in [9.17, 15) is 0 Å². The number of rotatable bonds is 10. The summed E-state index contributed by atoms with van der Waals surface area (Å²) in [6.45, 7) is 0. The summed E-state index contributed by atoms with van der Waals surface area (Å²) in [5.41, 5.74) is 23.4. The SMILES string of the molecule is c1ccc(-c2ccc3c(c2)c2ccccc2n3-c2nc(-n3c4ccccc4c4cc(-c5ccccc5)ccc43)c(-n3c4ccccc4c4cc(-c5ccccc5)ccc43)c(-c3ccccc3-c3cccnc3)c2-n2c3ccccc3c3cc(-c4ccccc4)ccc32)cc1. The van der Waals surface area contributed by atoms with Crippen molar-refractivity contribution in [3.8, 4) is 89.8 Å². The van der Waals surface area contributed by atoms with E-state index in [1.165, 1.54) is 0 Å². The fourth-order valence-corrected chi connectivity index (χ4v) is 15.1. The van der Waals surface area contributed by atoms with Crippen LogP contribution in [0.4, 0.5) is 0 Å². The lowest BCUT2D eigenvalue weighted by Gasteiger charge is -2.27. The molecule has 19 rings (SSSR count). The highest BCUT2D eigenvalue weighted by molar-refractivity contribution is 6.17. The van der Waals surface area contributed by atoms with E-state index in [2.05, 4.69) is 346 Å². The first kappa shape index (κ1) is 53.2. The zero-order chi connectivity index (χ0) is 61.8. The fraction of sp³-hybridized carbons (Fsp3) is 0. The highest BCUT2D eigenvalue weighted by atomic mass is 15.2. The molecular weight excluding hydrogens is 1140 g/mol. The van der Waals surface area contributed by atoms with Gasteiger partial charge in [-0.3, -0.25) is 14.1 Å². The smallest absolute Gasteiger partial charge is 0.165 e. The molecule has 438 valence electrons. The molecule has 6 heteroatoms. The Kier molecular flexibility index (Phi) is 12.2. The number of nitrogens with zero attached hydrogens (tertiary/aromatic N) is 6. The minimum Gasteiger partial charge on any atom is -0.305 e. The van der Waals surface area contributed by atoms with E-state index >= 15 is 0 Å². The third-order valence-corrected chi connectivity index (χ3v) is 19.3. The maximum absolute atomic E-state index is 6.65. The number of fused-ring (bicyclic) bond motifs is 12. The lowest BCUT2D eigenvalue weighted by molar-refractivity contribution is 0.961. The Morgan fingerprint density at radius 2 is 0.489 bits per heavy atom. The molecule has 0 aliphatic rings. The molecule has 0 amide bonds. The molecule has 0 atom stereocenters. The van der Waals surface area contributed by atoms with Crippen LogP contribution < -0.4 is 0 Å². The van der Waals surface area contributed by atoms with Gasteiger partial charge in [0, 0.05) is 66.6 Å². The van der Waals surface area contributed by atoms with Crippen LogP contribution in [0.1, 0.15) is 0 Å². The predicted molar refractivity (Wildman–Crippen MR) is 392 cm³/mol. The minimum absolute atomic E-state index is 0.766. The Hall–Kier alpha value is -12.6. The molecule has 0 saturated carbocycles. The molecule has 6 heterocycles. The van der Waals surface area contributed by atoms with Crippen molar-refractivity contribution in [2.24, 2.45) is 0 Å². The zero-order valence-corrected chi connectivity index (χ0v) is 51.0. The molecule has 0 radical (unpaired) electrons. The van der Waals surface area contributed by atoms with E-state index in [0.29, 0.717) is 0 Å². The molecule has 0 aliphatic carbocycles. The molecule has 0 aliphatic heterocycles. The normalized spacial score (nSPS) is 11.8. The van der Waals surface area contributed by atoms with Gasteiger partial charge < -0.3 is 9.13 Å². The van der Waals surface area contributed by atoms with Gasteiger partial charge >= 0.3 is 0 Å². The van der Waals surface area contributed by atoms with Crippen molar-refractivity contribution >= 4 is 87.2 Å². The second kappa shape index (κ2) is 21.5. The first-order valence-electron chi connectivity index (χ1n) is 32.1. The van der Waals surface area contributed by atoms with Crippen molar-refractivity contribution in [2.45, 2.75) is 0 Å². The topological polar surface area (TPSA) is 45.5 Å². The molecule has 94 heavy (non-hydrogen) atoms. The van der Waals surface area contributed by atoms with Gasteiger partial charge in [0.25, 0.3) is 0 Å². The third-order valence-electron chi connectivity index (χ3n) is 19.3. The van der Waals surface area contributed by atoms with Gasteiger partial charge in [-0.15, -0.1) is 0 Å². The maximum atomic E-state index is 6.65. The summed E-state index contributed by atoms with van der Waals surface area (Å²) in [6, 6.07) is 120. The van der Waals surface area contributed by atoms with Gasteiger partial charge in [-0.05, 0) is 134 Å². The molecule has 0 unspecified atom stereocenters. The second-order valence-corrected chi connectivity index (χ2v) is 24.4. The highest BCUT2D eigenvalue weighted by Gasteiger charge is 2.34. The number of pyridine rings is 2. The molecule has 13 aromatic carbocycles. The molecule has 0 saturated heterocycles. The van der Waals surface area contributed by atoms with Crippen molar-refractivity contribution in [3.05, 3.63) is 340 Å². The third kappa shape index (κ3) is 8.30. The Balaban J connectivity index is 1.08. The summed E-state index contributed by atoms with van der Waals surface area (Å²) >= 11 is 0. The number of aromatic nitrogens is 6. The lowest BCUT2D eigenvalue weighted by Crippen LogP contribution is -2.16. The summed E-state index contributed by atoms with van der Waals surface area (Å²) < 4.78 is 10.0. The molecule has 0 spiro atoms. The lowest BCUT2D eigenvalue weighted by atomic mass is 9.92. The van der Waals surface area contributed by atoms with E-state index in [0.717, 1.165) is 177 Å². The van der Waals surface area contributed by atoms with Gasteiger partial charge in [-0.25, -0.2) is 4.98 Å². The number of hydrogen-bond donors (Lipinski definition) is 0. The number of hydrogen-bond acceptors (Lipinski definition) is 2. The molecule has 6 nitrogen and oxygen atoms in total. The average molecular weight is 1200 g/mol. The first-order valence-corrected chi connectivity index (χ1v) is 32.1. The maximum Gasteiger partial charge on any atom is 0.165 e. The zero-order valence-electron chi connectivity index (χ0n) is 51.0. The van der Waals surface area contributed by atoms with E-state index in [4.69, 9.17) is 9.97 Å². The molecule has 0 fully saturated rings. The monoisotopic (exact) mass is 1200 g/mol. The predicted octanol–water partition coefficient (Wildman–Crippen LogP) is 22.9. The second-order valence-electron chi connectivity index (χ2n) is 24.4. The average Bonchev–Trinajstić information content (AvgIpc) is 1.49. The molecular formula is C88H56N6. The van der Waals surface area contributed by atoms with Crippen LogP contribution in [0.5, 0.6) is 0 Å². The summed E-state index contributed by atoms with van der Waals surface area (Å²) in [4.78, 5) is 11.5. The van der Waals surface area contributed by atoms with Crippen LogP contribution >= 0.6 is 0 Å². The van der Waals surface area contributed by atoms with Crippen LogP contribution in [0.25, 0.3) is 177 Å². The quantitative estimate of drug-likeness (QED) is 0.137. The Morgan fingerprint density at radius 1 is 0.202 bits per heavy atom. The largest absolute Gasteiger partial charge is 0.305 e. The van der Waals surface area contributed by atoms with E-state index in [1.54, 1.807) is 0 Å². The summed E-state index contributed by atoms with van der Waals surface area (Å²) in [5, 5.41) is 9.05. The Bertz CT molecular complexity index is 5860. The van der Waals surface area contributed by atoms with Crippen LogP contribution in [0, 0.1) is 0 Å². The Labute approximate surface area is 542 Å². The standard InChI is InChI=1S/C88H56N6/c1-5-24-57(25-6-1)61-43-47-80-72(52-61)67-34-15-19-39-76(67)91(80)85-84(71-38-14-13-33-66(71)65-32-23-51-89-56-65)86(92-77-40-20-16-35-68(77)73-53-62(44-48-81(73)92)58-26-7-2-8-27-58)88(94-79-42-22-18-37-70(79)75-55-64(46-50-83(75)94)60-30-11-4-12-31-60)90-87(85)93-78-41-21-17-36-69(78)74-54-63(45-49-82(74)93)59-28-9-3-10-29-59/h1-56H. The van der Waals surface area contributed by atoms with Crippen molar-refractivity contribution in [1.82, 2.24) is 28.2 Å². The Morgan fingerprint density at radius 3 is 0.840 bits per heavy atom. The molecule has 19 aromatic rings. The first-order chi connectivity index (χ1) is 46.7. The van der Waals surface area contributed by atoms with E-state index < -0.39 is 0 Å². The van der Waals surface area contributed by atoms with Crippen molar-refractivity contribution in [3.63, 3.8) is 0 Å². The van der Waals surface area contributed by atoms with E-state index in [1.807, 2.05) is 12.4 Å². The van der Waals surface area contributed by atoms with Crippen molar-refractivity contribution < 1.29 is 0 Å². The van der Waals surface area contributed by atoms with Gasteiger partial charge in [0.2, 0.25) is 0 Å². The molecule has 6 aromatic heterocycles. The minimum atomic E-state index is 0.766. The highest BCUT2D eigenvalue weighted by Crippen LogP contribution is 2.51. The van der Waals surface area contributed by atoms with Crippen LogP contribution in [-0.2, 0) is 0 Å².